The highest BCUT2D eigenvalue weighted by molar-refractivity contribution is 6.01. The molecule has 2 fully saturated rings. The van der Waals surface area contributed by atoms with Crippen LogP contribution in [0, 0.1) is 11.8 Å². The fourth-order valence-corrected chi connectivity index (χ4v) is 3.65. The standard InChI is InChI=1S/C19H24N2O3/c1-13-4-3-9-20(11-13)19(24)16-10-18(23)21(12-16)17-7-5-15(6-8-17)14(2)22/h5-8,13,16H,3-4,9-12H2,1-2H3. The van der Waals surface area contributed by atoms with E-state index < -0.39 is 0 Å². The van der Waals surface area contributed by atoms with Gasteiger partial charge in [0.25, 0.3) is 0 Å². The van der Waals surface area contributed by atoms with E-state index in [0.717, 1.165) is 25.2 Å². The van der Waals surface area contributed by atoms with E-state index in [9.17, 15) is 14.4 Å². The second kappa shape index (κ2) is 6.75. The zero-order valence-corrected chi connectivity index (χ0v) is 14.3. The van der Waals surface area contributed by atoms with Crippen molar-refractivity contribution in [3.8, 4) is 0 Å². The van der Waals surface area contributed by atoms with E-state index in [4.69, 9.17) is 0 Å². The van der Waals surface area contributed by atoms with Crippen LogP contribution < -0.4 is 4.90 Å². The Morgan fingerprint density at radius 1 is 1.12 bits per heavy atom. The zero-order chi connectivity index (χ0) is 17.3. The Kier molecular flexibility index (Phi) is 4.69. The second-order valence-corrected chi connectivity index (χ2v) is 7.04. The minimum Gasteiger partial charge on any atom is -0.342 e. The van der Waals surface area contributed by atoms with Crippen LogP contribution in [-0.2, 0) is 9.59 Å². The number of benzene rings is 1. The molecule has 0 aromatic heterocycles. The molecule has 2 aliphatic rings. The van der Waals surface area contributed by atoms with Crippen LogP contribution in [0.25, 0.3) is 0 Å². The topological polar surface area (TPSA) is 57.7 Å². The molecule has 5 heteroatoms. The molecule has 2 unspecified atom stereocenters. The number of likely N-dealkylation sites (tertiary alicyclic amines) is 1. The van der Waals surface area contributed by atoms with Crippen molar-refractivity contribution in [1.82, 2.24) is 4.90 Å². The molecule has 128 valence electrons. The molecular weight excluding hydrogens is 304 g/mol. The van der Waals surface area contributed by atoms with E-state index in [0.29, 0.717) is 18.0 Å². The normalized spacial score (nSPS) is 24.3. The third kappa shape index (κ3) is 3.35. The molecule has 0 bridgehead atoms. The Morgan fingerprint density at radius 2 is 1.83 bits per heavy atom. The number of rotatable bonds is 3. The Morgan fingerprint density at radius 3 is 2.46 bits per heavy atom. The maximum absolute atomic E-state index is 12.7. The lowest BCUT2D eigenvalue weighted by molar-refractivity contribution is -0.137. The fourth-order valence-electron chi connectivity index (χ4n) is 3.65. The highest BCUT2D eigenvalue weighted by Gasteiger charge is 2.37. The van der Waals surface area contributed by atoms with Crippen LogP contribution >= 0.6 is 0 Å². The van der Waals surface area contributed by atoms with E-state index in [1.165, 1.54) is 13.3 Å². The van der Waals surface area contributed by atoms with Crippen molar-refractivity contribution in [2.24, 2.45) is 11.8 Å². The zero-order valence-electron chi connectivity index (χ0n) is 14.3. The molecule has 1 aromatic rings. The van der Waals surface area contributed by atoms with E-state index >= 15 is 0 Å². The average Bonchev–Trinajstić information content (AvgIpc) is 2.96. The fraction of sp³-hybridized carbons (Fsp3) is 0.526. The van der Waals surface area contributed by atoms with Crippen molar-refractivity contribution < 1.29 is 14.4 Å². The number of anilines is 1. The van der Waals surface area contributed by atoms with E-state index in [-0.39, 0.29) is 29.9 Å². The predicted octanol–water partition coefficient (Wildman–Crippen LogP) is 2.50. The quantitative estimate of drug-likeness (QED) is 0.801. The SMILES string of the molecule is CC(=O)c1ccc(N2CC(C(=O)N3CCCC(C)C3)CC2=O)cc1. The van der Waals surface area contributed by atoms with Gasteiger partial charge in [0, 0.05) is 37.3 Å². The Balaban J connectivity index is 1.69. The third-order valence-corrected chi connectivity index (χ3v) is 5.03. The van der Waals surface area contributed by atoms with Gasteiger partial charge < -0.3 is 9.80 Å². The molecule has 0 radical (unpaired) electrons. The van der Waals surface area contributed by atoms with Gasteiger partial charge in [0.1, 0.15) is 0 Å². The Hall–Kier alpha value is -2.17. The number of ketones is 1. The van der Waals surface area contributed by atoms with Gasteiger partial charge in [-0.25, -0.2) is 0 Å². The molecular formula is C19H24N2O3. The number of carbonyl (C=O) groups excluding carboxylic acids is 3. The maximum atomic E-state index is 12.7. The maximum Gasteiger partial charge on any atom is 0.228 e. The summed E-state index contributed by atoms with van der Waals surface area (Å²) in [6.45, 7) is 5.73. The molecule has 2 heterocycles. The molecule has 2 atom stereocenters. The van der Waals surface area contributed by atoms with Gasteiger partial charge in [0.15, 0.2) is 5.78 Å². The summed E-state index contributed by atoms with van der Waals surface area (Å²) in [5.74, 6) is 0.374. The molecule has 0 N–H and O–H groups in total. The van der Waals surface area contributed by atoms with Crippen molar-refractivity contribution >= 4 is 23.3 Å². The van der Waals surface area contributed by atoms with Gasteiger partial charge >= 0.3 is 0 Å². The summed E-state index contributed by atoms with van der Waals surface area (Å²) in [6.07, 6.45) is 2.49. The monoisotopic (exact) mass is 328 g/mol. The molecule has 2 aliphatic heterocycles. The predicted molar refractivity (Wildman–Crippen MR) is 91.9 cm³/mol. The Bertz CT molecular complexity index is 653. The number of hydrogen-bond donors (Lipinski definition) is 0. The number of amides is 2. The van der Waals surface area contributed by atoms with Gasteiger partial charge in [-0.1, -0.05) is 6.92 Å². The molecule has 3 rings (SSSR count). The summed E-state index contributed by atoms with van der Waals surface area (Å²) in [5, 5.41) is 0. The van der Waals surface area contributed by atoms with E-state index in [1.54, 1.807) is 29.2 Å². The van der Waals surface area contributed by atoms with Crippen molar-refractivity contribution in [1.29, 1.82) is 0 Å². The third-order valence-electron chi connectivity index (χ3n) is 5.03. The van der Waals surface area contributed by atoms with E-state index in [1.807, 2.05) is 4.90 Å². The summed E-state index contributed by atoms with van der Waals surface area (Å²) < 4.78 is 0. The number of piperidine rings is 1. The molecule has 0 saturated carbocycles. The van der Waals surface area contributed by atoms with Crippen molar-refractivity contribution in [2.75, 3.05) is 24.5 Å². The van der Waals surface area contributed by atoms with E-state index in [2.05, 4.69) is 6.92 Å². The minimum atomic E-state index is -0.254. The van der Waals surface area contributed by atoms with Crippen molar-refractivity contribution in [3.05, 3.63) is 29.8 Å². The summed E-state index contributed by atoms with van der Waals surface area (Å²) in [7, 11) is 0. The smallest absolute Gasteiger partial charge is 0.228 e. The first kappa shape index (κ1) is 16.7. The molecule has 2 amide bonds. The van der Waals surface area contributed by atoms with Crippen LogP contribution in [0.5, 0.6) is 0 Å². The molecule has 24 heavy (non-hydrogen) atoms. The van der Waals surface area contributed by atoms with Gasteiger partial charge in [-0.2, -0.15) is 0 Å². The molecule has 2 saturated heterocycles. The number of Topliss-reactive ketones (excluding diaryl/α,β-unsaturated/α-hetero) is 1. The highest BCUT2D eigenvalue weighted by Crippen LogP contribution is 2.28. The van der Waals surface area contributed by atoms with Crippen LogP contribution in [0.1, 0.15) is 43.5 Å². The largest absolute Gasteiger partial charge is 0.342 e. The van der Waals surface area contributed by atoms with Crippen molar-refractivity contribution in [3.63, 3.8) is 0 Å². The van der Waals surface area contributed by atoms with Crippen LogP contribution in [0.2, 0.25) is 0 Å². The van der Waals surface area contributed by atoms with Crippen LogP contribution in [-0.4, -0.2) is 42.1 Å². The second-order valence-electron chi connectivity index (χ2n) is 7.04. The number of carbonyl (C=O) groups is 3. The summed E-state index contributed by atoms with van der Waals surface area (Å²) >= 11 is 0. The van der Waals surface area contributed by atoms with Crippen LogP contribution in [0.4, 0.5) is 5.69 Å². The first-order valence-electron chi connectivity index (χ1n) is 8.66. The first-order chi connectivity index (χ1) is 11.5. The van der Waals surface area contributed by atoms with Crippen LogP contribution in [0.3, 0.4) is 0 Å². The summed E-state index contributed by atoms with van der Waals surface area (Å²) in [6, 6.07) is 7.02. The average molecular weight is 328 g/mol. The first-order valence-corrected chi connectivity index (χ1v) is 8.66. The molecule has 5 nitrogen and oxygen atoms in total. The lowest BCUT2D eigenvalue weighted by atomic mass is 9.98. The summed E-state index contributed by atoms with van der Waals surface area (Å²) in [4.78, 5) is 40.0. The summed E-state index contributed by atoms with van der Waals surface area (Å²) in [5.41, 5.74) is 1.38. The molecule has 0 aliphatic carbocycles. The minimum absolute atomic E-state index is 0.00145. The van der Waals surface area contributed by atoms with Gasteiger partial charge in [-0.3, -0.25) is 14.4 Å². The molecule has 0 spiro atoms. The van der Waals surface area contributed by atoms with Gasteiger partial charge in [0.2, 0.25) is 11.8 Å². The Labute approximate surface area is 142 Å². The number of hydrogen-bond acceptors (Lipinski definition) is 3. The van der Waals surface area contributed by atoms with Crippen LogP contribution in [0.15, 0.2) is 24.3 Å². The molecule has 1 aromatic carbocycles. The number of nitrogens with zero attached hydrogens (tertiary/aromatic N) is 2. The lowest BCUT2D eigenvalue weighted by Crippen LogP contribution is -2.43. The highest BCUT2D eigenvalue weighted by atomic mass is 16.2. The van der Waals surface area contributed by atoms with Gasteiger partial charge in [-0.05, 0) is 49.9 Å². The van der Waals surface area contributed by atoms with Crippen molar-refractivity contribution in [2.45, 2.75) is 33.1 Å². The van der Waals surface area contributed by atoms with Gasteiger partial charge in [-0.15, -0.1) is 0 Å². The lowest BCUT2D eigenvalue weighted by Gasteiger charge is -2.32. The van der Waals surface area contributed by atoms with Gasteiger partial charge in [0.05, 0.1) is 5.92 Å².